The Morgan fingerprint density at radius 2 is 1.91 bits per heavy atom. The monoisotopic (exact) mass is 316 g/mol. The van der Waals surface area contributed by atoms with Crippen LogP contribution in [-0.4, -0.2) is 50.1 Å². The van der Waals surface area contributed by atoms with Gasteiger partial charge in [0.1, 0.15) is 0 Å². The van der Waals surface area contributed by atoms with E-state index in [2.05, 4.69) is 73.7 Å². The van der Waals surface area contributed by atoms with Crippen molar-refractivity contribution in [1.82, 2.24) is 15.5 Å². The molecule has 0 atom stereocenters. The van der Waals surface area contributed by atoms with Crippen LogP contribution in [0.15, 0.2) is 35.3 Å². The molecule has 0 bridgehead atoms. The van der Waals surface area contributed by atoms with Gasteiger partial charge in [0.05, 0.1) is 6.54 Å². The van der Waals surface area contributed by atoms with Crippen LogP contribution in [0.3, 0.4) is 0 Å². The first-order valence-corrected chi connectivity index (χ1v) is 8.85. The zero-order valence-electron chi connectivity index (χ0n) is 15.1. The molecule has 0 spiro atoms. The van der Waals surface area contributed by atoms with Crippen LogP contribution < -0.4 is 10.6 Å². The first kappa shape index (κ1) is 17.8. The van der Waals surface area contributed by atoms with E-state index in [-0.39, 0.29) is 5.41 Å². The molecule has 0 amide bonds. The van der Waals surface area contributed by atoms with E-state index in [1.807, 2.05) is 0 Å². The first-order chi connectivity index (χ1) is 11.1. The van der Waals surface area contributed by atoms with Crippen LogP contribution in [0.5, 0.6) is 0 Å². The molecule has 4 heteroatoms. The van der Waals surface area contributed by atoms with Crippen molar-refractivity contribution in [3.8, 4) is 0 Å². The van der Waals surface area contributed by atoms with E-state index >= 15 is 0 Å². The smallest absolute Gasteiger partial charge is 0.191 e. The van der Waals surface area contributed by atoms with Crippen molar-refractivity contribution in [3.05, 3.63) is 35.9 Å². The van der Waals surface area contributed by atoms with Crippen LogP contribution in [-0.2, 0) is 5.41 Å². The molecule has 128 valence electrons. The lowest BCUT2D eigenvalue weighted by molar-refractivity contribution is 0.278. The van der Waals surface area contributed by atoms with E-state index in [1.165, 1.54) is 18.4 Å². The Morgan fingerprint density at radius 3 is 2.48 bits per heavy atom. The van der Waals surface area contributed by atoms with E-state index in [0.717, 1.165) is 32.1 Å². The van der Waals surface area contributed by atoms with Crippen LogP contribution in [0.1, 0.15) is 39.2 Å². The molecule has 0 heterocycles. The summed E-state index contributed by atoms with van der Waals surface area (Å²) < 4.78 is 0. The van der Waals surface area contributed by atoms with E-state index < -0.39 is 0 Å². The largest absolute Gasteiger partial charge is 0.357 e. The Kier molecular flexibility index (Phi) is 6.46. The first-order valence-electron chi connectivity index (χ1n) is 8.85. The number of nitrogens with one attached hydrogen (secondary N) is 2. The molecule has 0 aliphatic heterocycles. The number of benzene rings is 1. The molecule has 0 unspecified atom stereocenters. The third-order valence-corrected chi connectivity index (χ3v) is 4.76. The average molecular weight is 316 g/mol. The molecule has 2 N–H and O–H groups in total. The number of aliphatic imine (C=N–C) groups is 1. The van der Waals surface area contributed by atoms with Crippen molar-refractivity contribution >= 4 is 5.96 Å². The van der Waals surface area contributed by atoms with Crippen molar-refractivity contribution in [2.24, 2.45) is 4.99 Å². The van der Waals surface area contributed by atoms with Gasteiger partial charge in [-0.2, -0.15) is 0 Å². The molecular weight excluding hydrogens is 284 g/mol. The molecule has 0 aromatic heterocycles. The molecule has 1 saturated carbocycles. The van der Waals surface area contributed by atoms with Gasteiger partial charge in [-0.05, 0) is 46.2 Å². The third kappa shape index (κ3) is 5.24. The topological polar surface area (TPSA) is 39.7 Å². The summed E-state index contributed by atoms with van der Waals surface area (Å²) in [5.41, 5.74) is 1.71. The molecule has 4 nitrogen and oxygen atoms in total. The molecule has 1 aromatic rings. The molecule has 1 aliphatic carbocycles. The second-order valence-electron chi connectivity index (χ2n) is 6.84. The summed E-state index contributed by atoms with van der Waals surface area (Å²) in [6.07, 6.45) is 2.49. The lowest BCUT2D eigenvalue weighted by Crippen LogP contribution is -2.42. The highest BCUT2D eigenvalue weighted by atomic mass is 15.2. The average Bonchev–Trinajstić information content (AvgIpc) is 3.34. The molecule has 0 radical (unpaired) electrons. The lowest BCUT2D eigenvalue weighted by Gasteiger charge is -2.22. The summed E-state index contributed by atoms with van der Waals surface area (Å²) in [4.78, 5) is 7.18. The van der Waals surface area contributed by atoms with Crippen LogP contribution in [0.25, 0.3) is 0 Å². The highest BCUT2D eigenvalue weighted by Crippen LogP contribution is 2.48. The van der Waals surface area contributed by atoms with Crippen molar-refractivity contribution in [1.29, 1.82) is 0 Å². The van der Waals surface area contributed by atoms with Gasteiger partial charge in [-0.25, -0.2) is 0 Å². The normalized spacial score (nSPS) is 16.7. The number of hydrogen-bond donors (Lipinski definition) is 2. The van der Waals surface area contributed by atoms with Gasteiger partial charge >= 0.3 is 0 Å². The Balaban J connectivity index is 1.89. The summed E-state index contributed by atoms with van der Waals surface area (Å²) in [6, 6.07) is 11.4. The second kappa shape index (κ2) is 8.34. The van der Waals surface area contributed by atoms with Crippen LogP contribution in [0, 0.1) is 0 Å². The number of nitrogens with zero attached hydrogens (tertiary/aromatic N) is 2. The summed E-state index contributed by atoms with van der Waals surface area (Å²) in [5.74, 6) is 0.937. The Hall–Kier alpha value is -1.55. The molecule has 23 heavy (non-hydrogen) atoms. The Morgan fingerprint density at radius 1 is 1.22 bits per heavy atom. The van der Waals surface area contributed by atoms with Gasteiger partial charge in [-0.1, -0.05) is 30.3 Å². The Bertz CT molecular complexity index is 491. The molecule has 1 fully saturated rings. The Labute approximate surface area is 141 Å². The summed E-state index contributed by atoms with van der Waals surface area (Å²) in [6.45, 7) is 10.2. The minimum atomic E-state index is 0.276. The summed E-state index contributed by atoms with van der Waals surface area (Å²) >= 11 is 0. The van der Waals surface area contributed by atoms with Gasteiger partial charge in [0, 0.05) is 31.1 Å². The van der Waals surface area contributed by atoms with Crippen molar-refractivity contribution < 1.29 is 0 Å². The van der Waals surface area contributed by atoms with Crippen LogP contribution in [0.2, 0.25) is 0 Å². The maximum absolute atomic E-state index is 4.84. The molecule has 1 aromatic carbocycles. The van der Waals surface area contributed by atoms with Gasteiger partial charge < -0.3 is 15.5 Å². The van der Waals surface area contributed by atoms with Crippen molar-refractivity contribution in [2.45, 2.75) is 45.1 Å². The fourth-order valence-corrected chi connectivity index (χ4v) is 2.66. The fourth-order valence-electron chi connectivity index (χ4n) is 2.66. The number of likely N-dealkylation sites (N-methyl/N-ethyl adjacent to an activating group) is 1. The van der Waals surface area contributed by atoms with Gasteiger partial charge in [0.25, 0.3) is 0 Å². The minimum absolute atomic E-state index is 0.276. The molecular formula is C19H32N4. The molecule has 1 aliphatic rings. The van der Waals surface area contributed by atoms with Crippen molar-refractivity contribution in [2.75, 3.05) is 33.2 Å². The van der Waals surface area contributed by atoms with Crippen LogP contribution in [0.4, 0.5) is 0 Å². The maximum atomic E-state index is 4.84. The predicted molar refractivity (Wildman–Crippen MR) is 99.1 cm³/mol. The SMILES string of the molecule is CCNC(=NCC1(c2ccccc2)CC1)NCCN(C)C(C)C. The van der Waals surface area contributed by atoms with Gasteiger partial charge in [0.15, 0.2) is 5.96 Å². The standard InChI is InChI=1S/C19H32N4/c1-5-20-18(21-13-14-23(4)16(2)3)22-15-19(11-12-19)17-9-7-6-8-10-17/h6-10,16H,5,11-15H2,1-4H3,(H2,20,21,22). The number of guanidine groups is 1. The van der Waals surface area contributed by atoms with E-state index in [1.54, 1.807) is 0 Å². The molecule has 2 rings (SSSR count). The lowest BCUT2D eigenvalue weighted by atomic mass is 9.96. The maximum Gasteiger partial charge on any atom is 0.191 e. The highest BCUT2D eigenvalue weighted by molar-refractivity contribution is 5.79. The highest BCUT2D eigenvalue weighted by Gasteiger charge is 2.43. The summed E-state index contributed by atoms with van der Waals surface area (Å²) in [7, 11) is 2.16. The van der Waals surface area contributed by atoms with Gasteiger partial charge in [0.2, 0.25) is 0 Å². The second-order valence-corrected chi connectivity index (χ2v) is 6.84. The zero-order chi connectivity index (χ0) is 16.7. The predicted octanol–water partition coefficient (Wildman–Crippen LogP) is 2.61. The number of rotatable bonds is 8. The fraction of sp³-hybridized carbons (Fsp3) is 0.632. The minimum Gasteiger partial charge on any atom is -0.357 e. The third-order valence-electron chi connectivity index (χ3n) is 4.76. The van der Waals surface area contributed by atoms with E-state index in [0.29, 0.717) is 6.04 Å². The van der Waals surface area contributed by atoms with Gasteiger partial charge in [-0.3, -0.25) is 4.99 Å². The quantitative estimate of drug-likeness (QED) is 0.572. The zero-order valence-corrected chi connectivity index (χ0v) is 15.1. The number of hydrogen-bond acceptors (Lipinski definition) is 2. The van der Waals surface area contributed by atoms with E-state index in [9.17, 15) is 0 Å². The van der Waals surface area contributed by atoms with Crippen molar-refractivity contribution in [3.63, 3.8) is 0 Å². The molecule has 0 saturated heterocycles. The van der Waals surface area contributed by atoms with Gasteiger partial charge in [-0.15, -0.1) is 0 Å². The summed E-state index contributed by atoms with van der Waals surface area (Å²) in [5, 5.41) is 6.81. The van der Waals surface area contributed by atoms with Crippen LogP contribution >= 0.6 is 0 Å². The van der Waals surface area contributed by atoms with E-state index in [4.69, 9.17) is 4.99 Å².